The quantitative estimate of drug-likeness (QED) is 0.497. The number of ether oxygens (including phenoxy) is 2. The molecule has 0 heterocycles. The number of carbonyl (C=O) groups is 1. The number of hydrogen-bond acceptors (Lipinski definition) is 5. The summed E-state index contributed by atoms with van der Waals surface area (Å²) in [5.41, 5.74) is 2.76. The van der Waals surface area contributed by atoms with Crippen LogP contribution in [-0.4, -0.2) is 37.4 Å². The van der Waals surface area contributed by atoms with Gasteiger partial charge in [0.1, 0.15) is 0 Å². The van der Waals surface area contributed by atoms with Crippen molar-refractivity contribution in [1.29, 1.82) is 0 Å². The smallest absolute Gasteiger partial charge is 0.262 e. The lowest BCUT2D eigenvalue weighted by molar-refractivity contribution is -0.118. The number of anilines is 1. The predicted molar refractivity (Wildman–Crippen MR) is 111 cm³/mol. The molecule has 0 aliphatic rings. The van der Waals surface area contributed by atoms with E-state index in [4.69, 9.17) is 26.2 Å². The maximum atomic E-state index is 12.2. The minimum absolute atomic E-state index is 0.148. The van der Waals surface area contributed by atoms with Crippen LogP contribution >= 0.6 is 11.6 Å². The summed E-state index contributed by atoms with van der Waals surface area (Å²) in [6.45, 7) is 5.57. The summed E-state index contributed by atoms with van der Waals surface area (Å²) in [7, 11) is 0. The van der Waals surface area contributed by atoms with Gasteiger partial charge in [0.05, 0.1) is 11.6 Å². The fourth-order valence-corrected chi connectivity index (χ4v) is 2.82. The maximum absolute atomic E-state index is 12.2. The number of aryl methyl sites for hydroxylation is 1. The first-order valence-electron chi connectivity index (χ1n) is 9.29. The van der Waals surface area contributed by atoms with Crippen molar-refractivity contribution in [2.45, 2.75) is 26.8 Å². The molecule has 2 aromatic carbocycles. The summed E-state index contributed by atoms with van der Waals surface area (Å²) in [5.74, 6) is 0.566. The van der Waals surface area contributed by atoms with Gasteiger partial charge >= 0.3 is 0 Å². The minimum atomic E-state index is -0.280. The zero-order valence-corrected chi connectivity index (χ0v) is 17.0. The molecular formula is C21H27ClN2O4. The Bertz CT molecular complexity index is 766. The van der Waals surface area contributed by atoms with Gasteiger partial charge < -0.3 is 25.2 Å². The molecular weight excluding hydrogens is 380 g/mol. The highest BCUT2D eigenvalue weighted by Crippen LogP contribution is 2.36. The number of nitrogens with one attached hydrogen (secondary N) is 2. The molecule has 0 fully saturated rings. The average molecular weight is 407 g/mol. The molecule has 0 aliphatic carbocycles. The lowest BCUT2D eigenvalue weighted by Crippen LogP contribution is -2.20. The molecule has 0 aliphatic heterocycles. The van der Waals surface area contributed by atoms with Crippen molar-refractivity contribution in [2.75, 3.05) is 31.7 Å². The molecule has 0 aromatic heterocycles. The highest BCUT2D eigenvalue weighted by Gasteiger charge is 2.14. The van der Waals surface area contributed by atoms with E-state index in [0.29, 0.717) is 48.3 Å². The van der Waals surface area contributed by atoms with Gasteiger partial charge in [0, 0.05) is 18.8 Å². The van der Waals surface area contributed by atoms with Crippen molar-refractivity contribution in [3.05, 3.63) is 52.5 Å². The zero-order chi connectivity index (χ0) is 20.4. The number of amides is 1. The second-order valence-electron chi connectivity index (χ2n) is 6.29. The van der Waals surface area contributed by atoms with Gasteiger partial charge in [-0.2, -0.15) is 0 Å². The van der Waals surface area contributed by atoms with Crippen LogP contribution in [0.5, 0.6) is 11.5 Å². The first-order valence-corrected chi connectivity index (χ1v) is 9.67. The molecule has 6 nitrogen and oxygen atoms in total. The van der Waals surface area contributed by atoms with E-state index < -0.39 is 0 Å². The lowest BCUT2D eigenvalue weighted by Gasteiger charge is -2.15. The standard InChI is InChI=1S/C21H27ClN2O4/c1-3-27-19-12-16(13-23-9-4-10-25)11-18(22)21(19)28-14-20(26)24-17-7-5-15(2)6-8-17/h5-8,11-12,23,25H,3-4,9-10,13-14H2,1-2H3,(H,24,26). The molecule has 0 bridgehead atoms. The SMILES string of the molecule is CCOc1cc(CNCCCO)cc(Cl)c1OCC(=O)Nc1ccc(C)cc1. The number of rotatable bonds is 11. The van der Waals surface area contributed by atoms with Gasteiger partial charge in [-0.05, 0) is 56.6 Å². The summed E-state index contributed by atoms with van der Waals surface area (Å²) in [4.78, 5) is 12.2. The van der Waals surface area contributed by atoms with E-state index in [-0.39, 0.29) is 19.1 Å². The van der Waals surface area contributed by atoms with Crippen molar-refractivity contribution in [2.24, 2.45) is 0 Å². The second-order valence-corrected chi connectivity index (χ2v) is 6.70. The highest BCUT2D eigenvalue weighted by molar-refractivity contribution is 6.32. The van der Waals surface area contributed by atoms with Gasteiger partial charge in [-0.25, -0.2) is 0 Å². The molecule has 0 unspecified atom stereocenters. The summed E-state index contributed by atoms with van der Waals surface area (Å²) >= 11 is 6.37. The summed E-state index contributed by atoms with van der Waals surface area (Å²) in [5, 5.41) is 15.2. The second kappa shape index (κ2) is 11.5. The molecule has 1 amide bonds. The van der Waals surface area contributed by atoms with Crippen molar-refractivity contribution in [3.8, 4) is 11.5 Å². The minimum Gasteiger partial charge on any atom is -0.490 e. The fraction of sp³-hybridized carbons (Fsp3) is 0.381. The topological polar surface area (TPSA) is 79.8 Å². The molecule has 28 heavy (non-hydrogen) atoms. The van der Waals surface area contributed by atoms with Crippen LogP contribution in [0.1, 0.15) is 24.5 Å². The molecule has 0 spiro atoms. The van der Waals surface area contributed by atoms with Crippen LogP contribution in [0.4, 0.5) is 5.69 Å². The van der Waals surface area contributed by atoms with Gasteiger partial charge in [-0.3, -0.25) is 4.79 Å². The summed E-state index contributed by atoms with van der Waals surface area (Å²) < 4.78 is 11.3. The van der Waals surface area contributed by atoms with Crippen LogP contribution in [0.15, 0.2) is 36.4 Å². The first kappa shape index (κ1) is 22.0. The van der Waals surface area contributed by atoms with Crippen molar-refractivity contribution in [3.63, 3.8) is 0 Å². The molecule has 3 N–H and O–H groups in total. The lowest BCUT2D eigenvalue weighted by atomic mass is 10.2. The maximum Gasteiger partial charge on any atom is 0.262 e. The van der Waals surface area contributed by atoms with Gasteiger partial charge in [-0.1, -0.05) is 29.3 Å². The third-order valence-corrected chi connectivity index (χ3v) is 4.17. The average Bonchev–Trinajstić information content (AvgIpc) is 2.67. The van der Waals surface area contributed by atoms with Crippen LogP contribution in [0.25, 0.3) is 0 Å². The Morgan fingerprint density at radius 2 is 1.93 bits per heavy atom. The van der Waals surface area contributed by atoms with Gasteiger partial charge in [0.15, 0.2) is 18.1 Å². The van der Waals surface area contributed by atoms with E-state index >= 15 is 0 Å². The van der Waals surface area contributed by atoms with Crippen LogP contribution in [0, 0.1) is 6.92 Å². The van der Waals surface area contributed by atoms with E-state index in [1.165, 1.54) is 0 Å². The number of hydrogen-bond donors (Lipinski definition) is 3. The molecule has 7 heteroatoms. The van der Waals surface area contributed by atoms with Gasteiger partial charge in [0.25, 0.3) is 5.91 Å². The van der Waals surface area contributed by atoms with Crippen LogP contribution in [0.2, 0.25) is 5.02 Å². The third-order valence-electron chi connectivity index (χ3n) is 3.89. The van der Waals surface area contributed by atoms with E-state index in [1.54, 1.807) is 6.07 Å². The Labute approximate surface area is 170 Å². The third kappa shape index (κ3) is 7.03. The molecule has 0 radical (unpaired) electrons. The zero-order valence-electron chi connectivity index (χ0n) is 16.3. The summed E-state index contributed by atoms with van der Waals surface area (Å²) in [6, 6.07) is 11.1. The Hall–Kier alpha value is -2.28. The predicted octanol–water partition coefficient (Wildman–Crippen LogP) is 3.54. The molecule has 0 atom stereocenters. The first-order chi connectivity index (χ1) is 13.5. The number of benzene rings is 2. The largest absolute Gasteiger partial charge is 0.490 e. The molecule has 2 aromatic rings. The molecule has 0 saturated carbocycles. The van der Waals surface area contributed by atoms with Crippen LogP contribution in [0.3, 0.4) is 0 Å². The molecule has 0 saturated heterocycles. The Morgan fingerprint density at radius 1 is 1.18 bits per heavy atom. The van der Waals surface area contributed by atoms with Gasteiger partial charge in [0.2, 0.25) is 0 Å². The number of aliphatic hydroxyl groups is 1. The van der Waals surface area contributed by atoms with Crippen LogP contribution in [-0.2, 0) is 11.3 Å². The number of carbonyl (C=O) groups excluding carboxylic acids is 1. The van der Waals surface area contributed by atoms with Crippen molar-refractivity contribution < 1.29 is 19.4 Å². The number of aliphatic hydroxyl groups excluding tert-OH is 1. The molecule has 152 valence electrons. The van der Waals surface area contributed by atoms with Crippen LogP contribution < -0.4 is 20.1 Å². The Balaban J connectivity index is 2.00. The Morgan fingerprint density at radius 3 is 2.61 bits per heavy atom. The summed E-state index contributed by atoms with van der Waals surface area (Å²) in [6.07, 6.45) is 0.684. The van der Waals surface area contributed by atoms with E-state index in [0.717, 1.165) is 11.1 Å². The van der Waals surface area contributed by atoms with E-state index in [1.807, 2.05) is 44.2 Å². The Kier molecular flexibility index (Phi) is 9.07. The van der Waals surface area contributed by atoms with E-state index in [9.17, 15) is 4.79 Å². The monoisotopic (exact) mass is 406 g/mol. The number of halogens is 1. The van der Waals surface area contributed by atoms with Crippen molar-refractivity contribution in [1.82, 2.24) is 5.32 Å². The highest BCUT2D eigenvalue weighted by atomic mass is 35.5. The normalized spacial score (nSPS) is 10.6. The fourth-order valence-electron chi connectivity index (χ4n) is 2.53. The van der Waals surface area contributed by atoms with Crippen molar-refractivity contribution >= 4 is 23.2 Å². The molecule has 2 rings (SSSR count). The van der Waals surface area contributed by atoms with E-state index in [2.05, 4.69) is 10.6 Å². The van der Waals surface area contributed by atoms with Gasteiger partial charge in [-0.15, -0.1) is 0 Å².